The Kier molecular flexibility index (Phi) is 5.70. The van der Waals surface area contributed by atoms with Gasteiger partial charge in [0.15, 0.2) is 0 Å². The molecular formula is C22H24FNO4. The van der Waals surface area contributed by atoms with Gasteiger partial charge in [-0.2, -0.15) is 0 Å². The van der Waals surface area contributed by atoms with Crippen molar-refractivity contribution in [2.45, 2.75) is 26.4 Å². The zero-order chi connectivity index (χ0) is 20.3. The van der Waals surface area contributed by atoms with E-state index in [2.05, 4.69) is 0 Å². The first kappa shape index (κ1) is 19.9. The van der Waals surface area contributed by atoms with E-state index in [-0.39, 0.29) is 5.82 Å². The van der Waals surface area contributed by atoms with Crippen LogP contribution in [0.15, 0.2) is 48.8 Å². The molecule has 0 N–H and O–H groups in total. The van der Waals surface area contributed by atoms with Crippen LogP contribution in [0.4, 0.5) is 9.18 Å². The van der Waals surface area contributed by atoms with Crippen molar-refractivity contribution in [3.8, 4) is 16.9 Å². The summed E-state index contributed by atoms with van der Waals surface area (Å²) in [6.45, 7) is 6.21. The minimum atomic E-state index is -0.568. The maximum atomic E-state index is 13.7. The van der Waals surface area contributed by atoms with Crippen molar-refractivity contribution in [1.29, 1.82) is 0 Å². The second-order valence-electron chi connectivity index (χ2n) is 7.47. The summed E-state index contributed by atoms with van der Waals surface area (Å²) in [4.78, 5) is 12.3. The molecule has 28 heavy (non-hydrogen) atoms. The second-order valence-corrected chi connectivity index (χ2v) is 7.47. The van der Waals surface area contributed by atoms with Crippen LogP contribution in [0.3, 0.4) is 0 Å². The number of hydrogen-bond donors (Lipinski definition) is 0. The van der Waals surface area contributed by atoms with Crippen LogP contribution >= 0.6 is 0 Å². The molecule has 0 fully saturated rings. The third-order valence-corrected chi connectivity index (χ3v) is 4.05. The van der Waals surface area contributed by atoms with Gasteiger partial charge >= 0.3 is 6.09 Å². The van der Waals surface area contributed by atoms with Crippen LogP contribution in [0.1, 0.15) is 20.8 Å². The highest BCUT2D eigenvalue weighted by Crippen LogP contribution is 2.33. The van der Waals surface area contributed by atoms with Gasteiger partial charge in [-0.25, -0.2) is 9.18 Å². The number of benzene rings is 2. The van der Waals surface area contributed by atoms with E-state index >= 15 is 0 Å². The highest BCUT2D eigenvalue weighted by Gasteiger charge is 2.18. The molecule has 0 saturated carbocycles. The van der Waals surface area contributed by atoms with E-state index in [1.807, 2.05) is 39.0 Å². The van der Waals surface area contributed by atoms with Crippen molar-refractivity contribution in [2.24, 2.45) is 0 Å². The first-order chi connectivity index (χ1) is 13.3. The maximum Gasteiger partial charge on any atom is 0.418 e. The number of fused-ring (bicyclic) bond motifs is 1. The van der Waals surface area contributed by atoms with E-state index in [1.54, 1.807) is 25.6 Å². The minimum absolute atomic E-state index is 0.324. The fourth-order valence-electron chi connectivity index (χ4n) is 2.82. The molecule has 1 aromatic heterocycles. The lowest BCUT2D eigenvalue weighted by Gasteiger charge is -2.19. The van der Waals surface area contributed by atoms with E-state index in [4.69, 9.17) is 14.2 Å². The normalized spacial score (nSPS) is 11.6. The van der Waals surface area contributed by atoms with E-state index in [0.717, 1.165) is 21.9 Å². The Labute approximate surface area is 163 Å². The number of aromatic nitrogens is 1. The van der Waals surface area contributed by atoms with E-state index in [1.165, 1.54) is 16.7 Å². The summed E-state index contributed by atoms with van der Waals surface area (Å²) in [5.74, 6) is 0.0799. The molecule has 0 unspecified atom stereocenters. The summed E-state index contributed by atoms with van der Waals surface area (Å²) in [5.41, 5.74) is 1.06. The van der Waals surface area contributed by atoms with Gasteiger partial charge in [0.05, 0.1) is 6.61 Å². The first-order valence-electron chi connectivity index (χ1n) is 9.03. The van der Waals surface area contributed by atoms with Gasteiger partial charge in [-0.15, -0.1) is 0 Å². The molecule has 5 nitrogen and oxygen atoms in total. The smallest absolute Gasteiger partial charge is 0.418 e. The second kappa shape index (κ2) is 8.02. The molecule has 2 aromatic carbocycles. The molecule has 0 radical (unpaired) electrons. The molecule has 0 amide bonds. The summed E-state index contributed by atoms with van der Waals surface area (Å²) in [7, 11) is 1.58. The number of carbonyl (C=O) groups excluding carboxylic acids is 1. The molecule has 0 atom stereocenters. The molecule has 0 spiro atoms. The lowest BCUT2D eigenvalue weighted by atomic mass is 10.0. The van der Waals surface area contributed by atoms with Gasteiger partial charge in [0.25, 0.3) is 0 Å². The van der Waals surface area contributed by atoms with E-state index in [9.17, 15) is 9.18 Å². The standard InChI is InChI=1S/C22H24FNO4/c1-22(2,3)28-21(25)24-13-16-6-5-15(11-17(16)14-24)19-8-7-18(23)12-20(19)27-10-9-26-4/h5-8,11-14H,9-10H2,1-4H3. The van der Waals surface area contributed by atoms with Gasteiger partial charge in [-0.3, -0.25) is 4.57 Å². The first-order valence-corrected chi connectivity index (χ1v) is 9.03. The van der Waals surface area contributed by atoms with Crippen LogP contribution in [-0.2, 0) is 9.47 Å². The third-order valence-electron chi connectivity index (χ3n) is 4.05. The molecule has 0 bridgehead atoms. The van der Waals surface area contributed by atoms with E-state index in [0.29, 0.717) is 19.0 Å². The van der Waals surface area contributed by atoms with Gasteiger partial charge in [0.2, 0.25) is 0 Å². The van der Waals surface area contributed by atoms with Crippen molar-refractivity contribution in [2.75, 3.05) is 20.3 Å². The largest absolute Gasteiger partial charge is 0.490 e. The van der Waals surface area contributed by atoms with Gasteiger partial charge < -0.3 is 14.2 Å². The molecule has 0 aliphatic carbocycles. The average Bonchev–Trinajstić information content (AvgIpc) is 3.04. The monoisotopic (exact) mass is 385 g/mol. The lowest BCUT2D eigenvalue weighted by Crippen LogP contribution is -2.26. The fourth-order valence-corrected chi connectivity index (χ4v) is 2.82. The molecule has 3 aromatic rings. The maximum absolute atomic E-state index is 13.7. The number of ether oxygens (including phenoxy) is 3. The topological polar surface area (TPSA) is 49.7 Å². The van der Waals surface area contributed by atoms with Crippen molar-refractivity contribution < 1.29 is 23.4 Å². The van der Waals surface area contributed by atoms with Crippen LogP contribution in [0.2, 0.25) is 0 Å². The molecule has 148 valence electrons. The summed E-state index contributed by atoms with van der Waals surface area (Å²) in [5, 5.41) is 1.77. The number of hydrogen-bond acceptors (Lipinski definition) is 4. The zero-order valence-electron chi connectivity index (χ0n) is 16.5. The van der Waals surface area contributed by atoms with Crippen LogP contribution in [0, 0.1) is 5.82 Å². The molecular weight excluding hydrogens is 361 g/mol. The summed E-state index contributed by atoms with van der Waals surface area (Å²) >= 11 is 0. The molecule has 0 saturated heterocycles. The molecule has 0 aliphatic heterocycles. The number of carbonyl (C=O) groups is 1. The lowest BCUT2D eigenvalue weighted by molar-refractivity contribution is 0.0538. The van der Waals surface area contributed by atoms with Crippen LogP contribution < -0.4 is 4.74 Å². The predicted molar refractivity (Wildman–Crippen MR) is 106 cm³/mol. The summed E-state index contributed by atoms with van der Waals surface area (Å²) in [6.07, 6.45) is 3.02. The Morgan fingerprint density at radius 2 is 1.79 bits per heavy atom. The SMILES string of the molecule is COCCOc1cc(F)ccc1-c1ccc2cn(C(=O)OC(C)(C)C)cc2c1. The molecule has 3 rings (SSSR count). The number of methoxy groups -OCH3 is 1. The van der Waals surface area contributed by atoms with Crippen molar-refractivity contribution in [3.63, 3.8) is 0 Å². The van der Waals surface area contributed by atoms with Crippen molar-refractivity contribution >= 4 is 16.9 Å². The Morgan fingerprint density at radius 1 is 1.04 bits per heavy atom. The summed E-state index contributed by atoms with van der Waals surface area (Å²) < 4.78 is 31.2. The summed E-state index contributed by atoms with van der Waals surface area (Å²) in [6, 6.07) is 10.2. The molecule has 0 aliphatic rings. The Bertz CT molecular complexity index is 988. The Hall–Kier alpha value is -2.86. The van der Waals surface area contributed by atoms with Crippen LogP contribution in [-0.4, -0.2) is 36.6 Å². The highest BCUT2D eigenvalue weighted by atomic mass is 19.1. The van der Waals surface area contributed by atoms with Gasteiger partial charge in [-0.05, 0) is 44.5 Å². The number of nitrogens with zero attached hydrogens (tertiary/aromatic N) is 1. The third kappa shape index (κ3) is 4.70. The van der Waals surface area contributed by atoms with Crippen LogP contribution in [0.25, 0.3) is 21.9 Å². The minimum Gasteiger partial charge on any atom is -0.490 e. The zero-order valence-corrected chi connectivity index (χ0v) is 16.5. The quantitative estimate of drug-likeness (QED) is 0.563. The van der Waals surface area contributed by atoms with Gasteiger partial charge in [0.1, 0.15) is 23.8 Å². The van der Waals surface area contributed by atoms with E-state index < -0.39 is 11.7 Å². The molecule has 6 heteroatoms. The number of halogens is 1. The van der Waals surface area contributed by atoms with Crippen LogP contribution in [0.5, 0.6) is 5.75 Å². The number of rotatable bonds is 5. The highest BCUT2D eigenvalue weighted by molar-refractivity contribution is 5.91. The molecule has 1 heterocycles. The Morgan fingerprint density at radius 3 is 2.50 bits per heavy atom. The van der Waals surface area contributed by atoms with Gasteiger partial charge in [0, 0.05) is 41.9 Å². The predicted octanol–water partition coefficient (Wildman–Crippen LogP) is 5.26. The average molecular weight is 385 g/mol. The fraction of sp³-hybridized carbons (Fsp3) is 0.318. The van der Waals surface area contributed by atoms with Crippen molar-refractivity contribution in [3.05, 3.63) is 54.6 Å². The van der Waals surface area contributed by atoms with Gasteiger partial charge in [-0.1, -0.05) is 12.1 Å². The Balaban J connectivity index is 1.93. The van der Waals surface area contributed by atoms with Crippen molar-refractivity contribution in [1.82, 2.24) is 4.57 Å².